The normalized spacial score (nSPS) is 22.6. The van der Waals surface area contributed by atoms with Gasteiger partial charge < -0.3 is 14.8 Å². The van der Waals surface area contributed by atoms with Crippen LogP contribution in [0.2, 0.25) is 5.02 Å². The Morgan fingerprint density at radius 2 is 2.00 bits per heavy atom. The van der Waals surface area contributed by atoms with Crippen LogP contribution in [0.1, 0.15) is 12.8 Å². The van der Waals surface area contributed by atoms with Crippen LogP contribution in [0, 0.1) is 0 Å². The van der Waals surface area contributed by atoms with Crippen LogP contribution in [0.4, 0.5) is 5.69 Å². The van der Waals surface area contributed by atoms with E-state index in [1.54, 1.807) is 0 Å². The lowest BCUT2D eigenvalue weighted by Crippen LogP contribution is -2.26. The van der Waals surface area contributed by atoms with Gasteiger partial charge in [0.15, 0.2) is 11.5 Å². The third-order valence-corrected chi connectivity index (χ3v) is 4.68. The number of hydrogen-bond acceptors (Lipinski definition) is 4. The van der Waals surface area contributed by atoms with Crippen LogP contribution < -0.4 is 14.8 Å². The minimum absolute atomic E-state index is 0.504. The van der Waals surface area contributed by atoms with E-state index in [-0.39, 0.29) is 0 Å². The van der Waals surface area contributed by atoms with Crippen molar-refractivity contribution in [3.63, 3.8) is 0 Å². The molecule has 1 N–H and O–H groups in total. The number of thioether (sulfide) groups is 1. The lowest BCUT2D eigenvalue weighted by molar-refractivity contribution is 0.171. The van der Waals surface area contributed by atoms with Crippen LogP contribution in [0.25, 0.3) is 0 Å². The number of benzene rings is 1. The van der Waals surface area contributed by atoms with E-state index >= 15 is 0 Å². The van der Waals surface area contributed by atoms with Crippen LogP contribution in [0.3, 0.4) is 0 Å². The molecular weight excluding hydrogens is 270 g/mol. The average Bonchev–Trinajstić information content (AvgIpc) is 2.41. The monoisotopic (exact) mass is 285 g/mol. The fourth-order valence-corrected chi connectivity index (χ4v) is 3.53. The van der Waals surface area contributed by atoms with Gasteiger partial charge in [-0.25, -0.2) is 0 Å². The molecular formula is C13H16ClNO2S. The van der Waals surface area contributed by atoms with Crippen molar-refractivity contribution in [3.8, 4) is 11.5 Å². The first kappa shape index (κ1) is 12.3. The molecule has 98 valence electrons. The largest absolute Gasteiger partial charge is 0.486 e. The Labute approximate surface area is 116 Å². The molecule has 1 fully saturated rings. The molecule has 0 amide bonds. The van der Waals surface area contributed by atoms with Gasteiger partial charge in [0.25, 0.3) is 0 Å². The van der Waals surface area contributed by atoms with E-state index in [0.29, 0.717) is 24.3 Å². The minimum atomic E-state index is 0.504. The zero-order valence-electron chi connectivity index (χ0n) is 10.1. The molecule has 0 spiro atoms. The first-order chi connectivity index (χ1) is 8.83. The average molecular weight is 286 g/mol. The van der Waals surface area contributed by atoms with E-state index in [4.69, 9.17) is 21.1 Å². The number of fused-ring (bicyclic) bond motifs is 1. The standard InChI is InChI=1S/C13H16ClNO2S/c14-10-6-12-13(17-4-3-16-12)7-11(10)15-9-2-1-5-18-8-9/h6-7,9,15H,1-5,8H2. The molecule has 18 heavy (non-hydrogen) atoms. The van der Waals surface area contributed by atoms with Gasteiger partial charge in [-0.15, -0.1) is 0 Å². The maximum Gasteiger partial charge on any atom is 0.163 e. The summed E-state index contributed by atoms with van der Waals surface area (Å²) in [6.07, 6.45) is 2.47. The second-order valence-corrected chi connectivity index (χ2v) is 6.09. The first-order valence-corrected chi connectivity index (χ1v) is 7.79. The maximum absolute atomic E-state index is 6.28. The fraction of sp³-hybridized carbons (Fsp3) is 0.538. The van der Waals surface area contributed by atoms with E-state index in [1.807, 2.05) is 23.9 Å². The molecule has 2 aliphatic heterocycles. The predicted octanol–water partition coefficient (Wildman–Crippen LogP) is 3.42. The van der Waals surface area contributed by atoms with Crippen LogP contribution in [0.15, 0.2) is 12.1 Å². The number of anilines is 1. The molecule has 1 aromatic rings. The van der Waals surface area contributed by atoms with E-state index in [2.05, 4.69) is 5.32 Å². The zero-order chi connectivity index (χ0) is 12.4. The van der Waals surface area contributed by atoms with Crippen LogP contribution in [-0.2, 0) is 0 Å². The lowest BCUT2D eigenvalue weighted by Gasteiger charge is -2.25. The Morgan fingerprint density at radius 1 is 1.22 bits per heavy atom. The molecule has 0 aromatic heterocycles. The molecule has 3 nitrogen and oxygen atoms in total. The molecule has 1 saturated heterocycles. The van der Waals surface area contributed by atoms with Gasteiger partial charge in [0, 0.05) is 23.9 Å². The van der Waals surface area contributed by atoms with E-state index in [9.17, 15) is 0 Å². The summed E-state index contributed by atoms with van der Waals surface area (Å²) in [5, 5.41) is 4.21. The van der Waals surface area contributed by atoms with Crippen molar-refractivity contribution in [2.45, 2.75) is 18.9 Å². The summed E-state index contributed by atoms with van der Waals surface area (Å²) in [6, 6.07) is 4.30. The van der Waals surface area contributed by atoms with E-state index in [0.717, 1.165) is 22.9 Å². The summed E-state index contributed by atoms with van der Waals surface area (Å²) in [5.74, 6) is 3.95. The Hall–Kier alpha value is -0.740. The van der Waals surface area contributed by atoms with Gasteiger partial charge in [0.05, 0.1) is 10.7 Å². The molecule has 1 atom stereocenters. The SMILES string of the molecule is Clc1cc2c(cc1NC1CCCSC1)OCCO2. The van der Waals surface area contributed by atoms with Crippen LogP contribution >= 0.6 is 23.4 Å². The highest BCUT2D eigenvalue weighted by Crippen LogP contribution is 2.38. The number of hydrogen-bond donors (Lipinski definition) is 1. The molecule has 0 saturated carbocycles. The van der Waals surface area contributed by atoms with Crippen molar-refractivity contribution in [1.82, 2.24) is 0 Å². The van der Waals surface area contributed by atoms with Crippen molar-refractivity contribution in [1.29, 1.82) is 0 Å². The molecule has 0 bridgehead atoms. The molecule has 0 aliphatic carbocycles. The number of nitrogens with one attached hydrogen (secondary N) is 1. The van der Waals surface area contributed by atoms with Gasteiger partial charge in [-0.2, -0.15) is 11.8 Å². The number of rotatable bonds is 2. The summed E-state index contributed by atoms with van der Waals surface area (Å²) in [4.78, 5) is 0. The quantitative estimate of drug-likeness (QED) is 0.902. The summed E-state index contributed by atoms with van der Waals surface area (Å²) in [6.45, 7) is 1.20. The fourth-order valence-electron chi connectivity index (χ4n) is 2.25. The molecule has 1 aromatic carbocycles. The van der Waals surface area contributed by atoms with E-state index < -0.39 is 0 Å². The van der Waals surface area contributed by atoms with Gasteiger partial charge >= 0.3 is 0 Å². The van der Waals surface area contributed by atoms with Crippen LogP contribution in [0.5, 0.6) is 11.5 Å². The smallest absolute Gasteiger partial charge is 0.163 e. The summed E-state index contributed by atoms with van der Waals surface area (Å²) >= 11 is 8.27. The van der Waals surface area contributed by atoms with Gasteiger partial charge in [0.1, 0.15) is 13.2 Å². The summed E-state index contributed by atoms with van der Waals surface area (Å²) in [5.41, 5.74) is 0.952. The maximum atomic E-state index is 6.28. The summed E-state index contributed by atoms with van der Waals surface area (Å²) < 4.78 is 11.1. The van der Waals surface area contributed by atoms with Gasteiger partial charge in [-0.1, -0.05) is 11.6 Å². The second-order valence-electron chi connectivity index (χ2n) is 4.53. The van der Waals surface area contributed by atoms with E-state index in [1.165, 1.54) is 18.6 Å². The zero-order valence-corrected chi connectivity index (χ0v) is 11.6. The van der Waals surface area contributed by atoms with Gasteiger partial charge in [0.2, 0.25) is 0 Å². The topological polar surface area (TPSA) is 30.5 Å². The molecule has 5 heteroatoms. The van der Waals surface area contributed by atoms with Gasteiger partial charge in [-0.05, 0) is 18.6 Å². The lowest BCUT2D eigenvalue weighted by atomic mass is 10.1. The molecule has 2 aliphatic rings. The molecule has 0 radical (unpaired) electrons. The van der Waals surface area contributed by atoms with Gasteiger partial charge in [-0.3, -0.25) is 0 Å². The highest BCUT2D eigenvalue weighted by Gasteiger charge is 2.18. The predicted molar refractivity (Wildman–Crippen MR) is 76.4 cm³/mol. The molecule has 2 heterocycles. The third kappa shape index (κ3) is 2.64. The summed E-state index contributed by atoms with van der Waals surface area (Å²) in [7, 11) is 0. The highest BCUT2D eigenvalue weighted by atomic mass is 35.5. The minimum Gasteiger partial charge on any atom is -0.486 e. The van der Waals surface area contributed by atoms with Crippen molar-refractivity contribution in [2.75, 3.05) is 30.0 Å². The molecule has 3 rings (SSSR count). The third-order valence-electron chi connectivity index (χ3n) is 3.15. The van der Waals surface area contributed by atoms with Crippen molar-refractivity contribution < 1.29 is 9.47 Å². The van der Waals surface area contributed by atoms with Crippen LogP contribution in [-0.4, -0.2) is 30.8 Å². The second kappa shape index (κ2) is 5.49. The Bertz CT molecular complexity index is 435. The van der Waals surface area contributed by atoms with Crippen molar-refractivity contribution in [2.24, 2.45) is 0 Å². The number of ether oxygens (including phenoxy) is 2. The van der Waals surface area contributed by atoms with Crippen molar-refractivity contribution in [3.05, 3.63) is 17.2 Å². The highest BCUT2D eigenvalue weighted by molar-refractivity contribution is 7.99. The molecule has 1 unspecified atom stereocenters. The Balaban J connectivity index is 1.78. The Morgan fingerprint density at radius 3 is 2.72 bits per heavy atom. The Kier molecular flexibility index (Phi) is 3.75. The van der Waals surface area contributed by atoms with Crippen molar-refractivity contribution >= 4 is 29.1 Å². The number of halogens is 1. The first-order valence-electron chi connectivity index (χ1n) is 6.26.